The quantitative estimate of drug-likeness (QED) is 0.909. The Balaban J connectivity index is 1.75. The van der Waals surface area contributed by atoms with Gasteiger partial charge in [-0.25, -0.2) is 0 Å². The van der Waals surface area contributed by atoms with Crippen molar-refractivity contribution in [1.29, 1.82) is 0 Å². The van der Waals surface area contributed by atoms with Gasteiger partial charge in [0.25, 0.3) is 0 Å². The van der Waals surface area contributed by atoms with E-state index < -0.39 is 11.7 Å². The number of hydrogen-bond acceptors (Lipinski definition) is 4. The molecule has 1 aliphatic rings. The molecule has 1 aliphatic heterocycles. The largest absolute Gasteiger partial charge is 0.416 e. The van der Waals surface area contributed by atoms with Crippen LogP contribution in [0.15, 0.2) is 30.3 Å². The van der Waals surface area contributed by atoms with E-state index in [1.807, 2.05) is 13.0 Å². The summed E-state index contributed by atoms with van der Waals surface area (Å²) in [7, 11) is 2.10. The fourth-order valence-electron chi connectivity index (χ4n) is 3.08. The first-order valence-electron chi connectivity index (χ1n) is 8.30. The van der Waals surface area contributed by atoms with E-state index in [2.05, 4.69) is 27.5 Å². The first-order chi connectivity index (χ1) is 11.8. The minimum Gasteiger partial charge on any atom is -0.364 e. The number of aryl methyl sites for hydroxylation is 1. The molecule has 0 unspecified atom stereocenters. The zero-order valence-corrected chi connectivity index (χ0v) is 14.3. The van der Waals surface area contributed by atoms with Gasteiger partial charge in [-0.05, 0) is 57.1 Å². The van der Waals surface area contributed by atoms with Gasteiger partial charge < -0.3 is 10.2 Å². The number of halogens is 3. The Kier molecular flexibility index (Phi) is 4.94. The number of likely N-dealkylation sites (N-methyl/N-ethyl adjacent to an activating group) is 1. The van der Waals surface area contributed by atoms with Crippen LogP contribution in [0.25, 0.3) is 11.3 Å². The predicted octanol–water partition coefficient (Wildman–Crippen LogP) is 3.98. The molecular formula is C18H21F3N4. The summed E-state index contributed by atoms with van der Waals surface area (Å²) in [5, 5.41) is 11.8. The number of nitrogens with one attached hydrogen (secondary N) is 1. The highest BCUT2D eigenvalue weighted by Crippen LogP contribution is 2.31. The van der Waals surface area contributed by atoms with E-state index >= 15 is 0 Å². The van der Waals surface area contributed by atoms with E-state index in [1.165, 1.54) is 12.1 Å². The molecule has 1 aromatic carbocycles. The summed E-state index contributed by atoms with van der Waals surface area (Å²) in [6.45, 7) is 3.99. The lowest BCUT2D eigenvalue weighted by Gasteiger charge is -2.30. The minimum atomic E-state index is -4.33. The summed E-state index contributed by atoms with van der Waals surface area (Å²) >= 11 is 0. The molecule has 3 rings (SSSR count). The SMILES string of the molecule is Cc1cc(-c2ccc(C(F)(F)F)cc2)nnc1N[C@@H]1CCCN(C)C1. The van der Waals surface area contributed by atoms with Crippen molar-refractivity contribution < 1.29 is 13.2 Å². The molecule has 0 bridgehead atoms. The van der Waals surface area contributed by atoms with Crippen molar-refractivity contribution in [1.82, 2.24) is 15.1 Å². The number of piperidine rings is 1. The van der Waals surface area contributed by atoms with Crippen molar-refractivity contribution in [2.24, 2.45) is 0 Å². The average Bonchev–Trinajstić information content (AvgIpc) is 2.56. The predicted molar refractivity (Wildman–Crippen MR) is 91.3 cm³/mol. The summed E-state index contributed by atoms with van der Waals surface area (Å²) in [5.74, 6) is 0.732. The fraction of sp³-hybridized carbons (Fsp3) is 0.444. The van der Waals surface area contributed by atoms with Gasteiger partial charge in [0.1, 0.15) is 0 Å². The molecule has 0 radical (unpaired) electrons. The van der Waals surface area contributed by atoms with Crippen molar-refractivity contribution in [3.05, 3.63) is 41.5 Å². The second-order valence-corrected chi connectivity index (χ2v) is 6.58. The van der Waals surface area contributed by atoms with Crippen molar-refractivity contribution in [2.75, 3.05) is 25.5 Å². The summed E-state index contributed by atoms with van der Waals surface area (Å²) in [6, 6.07) is 7.17. The number of hydrogen-bond donors (Lipinski definition) is 1. The standard InChI is InChI=1S/C18H21F3N4/c1-12-10-16(13-5-7-14(8-6-13)18(19,20)21)23-24-17(12)22-15-4-3-9-25(2)11-15/h5-8,10,15H,3-4,9,11H2,1-2H3,(H,22,24)/t15-/m1/s1. The highest BCUT2D eigenvalue weighted by atomic mass is 19.4. The maximum atomic E-state index is 12.6. The molecule has 1 saturated heterocycles. The second-order valence-electron chi connectivity index (χ2n) is 6.58. The smallest absolute Gasteiger partial charge is 0.364 e. The lowest BCUT2D eigenvalue weighted by atomic mass is 10.1. The van der Waals surface area contributed by atoms with Gasteiger partial charge in [-0.1, -0.05) is 12.1 Å². The Morgan fingerprint density at radius 3 is 2.48 bits per heavy atom. The molecule has 1 atom stereocenters. The summed E-state index contributed by atoms with van der Waals surface area (Å²) in [4.78, 5) is 2.28. The van der Waals surface area contributed by atoms with Gasteiger partial charge in [-0.3, -0.25) is 0 Å². The lowest BCUT2D eigenvalue weighted by Crippen LogP contribution is -2.40. The molecule has 2 heterocycles. The number of rotatable bonds is 3. The normalized spacial score (nSPS) is 19.0. The number of anilines is 1. The van der Waals surface area contributed by atoms with E-state index in [4.69, 9.17) is 0 Å². The Labute approximate surface area is 145 Å². The van der Waals surface area contributed by atoms with Gasteiger partial charge in [0.05, 0.1) is 11.3 Å². The van der Waals surface area contributed by atoms with Crippen LogP contribution in [0.5, 0.6) is 0 Å². The Morgan fingerprint density at radius 1 is 1.16 bits per heavy atom. The van der Waals surface area contributed by atoms with Gasteiger partial charge in [0.2, 0.25) is 0 Å². The summed E-state index contributed by atoms with van der Waals surface area (Å²) in [5.41, 5.74) is 1.45. The molecule has 2 aromatic rings. The molecule has 0 spiro atoms. The van der Waals surface area contributed by atoms with Crippen LogP contribution in [0.4, 0.5) is 19.0 Å². The summed E-state index contributed by atoms with van der Waals surface area (Å²) in [6.07, 6.45) is -2.10. The third kappa shape index (κ3) is 4.28. The van der Waals surface area contributed by atoms with E-state index in [9.17, 15) is 13.2 Å². The van der Waals surface area contributed by atoms with E-state index in [1.54, 1.807) is 0 Å². The van der Waals surface area contributed by atoms with Crippen molar-refractivity contribution in [3.63, 3.8) is 0 Å². The second kappa shape index (κ2) is 7.00. The van der Waals surface area contributed by atoms with Gasteiger partial charge in [-0.2, -0.15) is 13.2 Å². The highest BCUT2D eigenvalue weighted by Gasteiger charge is 2.30. The van der Waals surface area contributed by atoms with Crippen molar-refractivity contribution in [3.8, 4) is 11.3 Å². The van der Waals surface area contributed by atoms with Crippen molar-refractivity contribution >= 4 is 5.82 Å². The number of nitrogens with zero attached hydrogens (tertiary/aromatic N) is 3. The third-order valence-electron chi connectivity index (χ3n) is 4.46. The fourth-order valence-corrected chi connectivity index (χ4v) is 3.08. The highest BCUT2D eigenvalue weighted by molar-refractivity contribution is 5.62. The molecule has 0 amide bonds. The Hall–Kier alpha value is -2.15. The van der Waals surface area contributed by atoms with Crippen LogP contribution in [0.2, 0.25) is 0 Å². The van der Waals surface area contributed by atoms with E-state index in [0.29, 0.717) is 17.3 Å². The molecule has 1 aromatic heterocycles. The number of alkyl halides is 3. The van der Waals surface area contributed by atoms with Gasteiger partial charge in [0.15, 0.2) is 5.82 Å². The van der Waals surface area contributed by atoms with Gasteiger partial charge in [0, 0.05) is 18.2 Å². The van der Waals surface area contributed by atoms with Crippen LogP contribution >= 0.6 is 0 Å². The molecule has 4 nitrogen and oxygen atoms in total. The monoisotopic (exact) mass is 350 g/mol. The van der Waals surface area contributed by atoms with E-state index in [0.717, 1.165) is 49.4 Å². The first kappa shape index (κ1) is 17.7. The number of likely N-dealkylation sites (tertiary alicyclic amines) is 1. The molecular weight excluding hydrogens is 329 g/mol. The Morgan fingerprint density at radius 2 is 1.88 bits per heavy atom. The molecule has 1 fully saturated rings. The maximum absolute atomic E-state index is 12.6. The average molecular weight is 350 g/mol. The molecule has 134 valence electrons. The molecule has 7 heteroatoms. The molecule has 0 saturated carbocycles. The lowest BCUT2D eigenvalue weighted by molar-refractivity contribution is -0.137. The van der Waals surface area contributed by atoms with Crippen LogP contribution in [0.3, 0.4) is 0 Å². The van der Waals surface area contributed by atoms with Gasteiger partial charge in [-0.15, -0.1) is 10.2 Å². The third-order valence-corrected chi connectivity index (χ3v) is 4.46. The van der Waals surface area contributed by atoms with Crippen LogP contribution in [-0.2, 0) is 6.18 Å². The van der Waals surface area contributed by atoms with Crippen LogP contribution in [0.1, 0.15) is 24.0 Å². The number of benzene rings is 1. The number of aromatic nitrogens is 2. The zero-order valence-electron chi connectivity index (χ0n) is 14.3. The minimum absolute atomic E-state index is 0.337. The van der Waals surface area contributed by atoms with E-state index in [-0.39, 0.29) is 0 Å². The van der Waals surface area contributed by atoms with Crippen LogP contribution in [-0.4, -0.2) is 41.3 Å². The van der Waals surface area contributed by atoms with Gasteiger partial charge >= 0.3 is 6.18 Å². The Bertz CT molecular complexity index is 728. The molecule has 0 aliphatic carbocycles. The summed E-state index contributed by atoms with van der Waals surface area (Å²) < 4.78 is 37.9. The maximum Gasteiger partial charge on any atom is 0.416 e. The zero-order chi connectivity index (χ0) is 18.0. The molecule has 25 heavy (non-hydrogen) atoms. The molecule has 1 N–H and O–H groups in total. The van der Waals surface area contributed by atoms with Crippen LogP contribution in [0, 0.1) is 6.92 Å². The first-order valence-corrected chi connectivity index (χ1v) is 8.30. The topological polar surface area (TPSA) is 41.1 Å². The van der Waals surface area contributed by atoms with Crippen LogP contribution < -0.4 is 5.32 Å². The van der Waals surface area contributed by atoms with Crippen molar-refractivity contribution in [2.45, 2.75) is 32.0 Å².